The number of carbonyl (C=O) groups excluding carboxylic acids is 2. The van der Waals surface area contributed by atoms with E-state index in [1.807, 2.05) is 6.07 Å². The van der Waals surface area contributed by atoms with Crippen molar-refractivity contribution in [2.75, 3.05) is 33.2 Å². The van der Waals surface area contributed by atoms with Crippen LogP contribution in [0.5, 0.6) is 0 Å². The second-order valence-corrected chi connectivity index (χ2v) is 7.30. The van der Waals surface area contributed by atoms with Crippen LogP contribution in [0.1, 0.15) is 43.7 Å². The van der Waals surface area contributed by atoms with Gasteiger partial charge < -0.3 is 10.2 Å². The largest absolute Gasteiger partial charge is 0.354 e. The van der Waals surface area contributed by atoms with Crippen LogP contribution in [-0.4, -0.2) is 54.8 Å². The average molecular weight is 343 g/mol. The first-order chi connectivity index (χ1) is 12.1. The minimum atomic E-state index is -0.210. The van der Waals surface area contributed by atoms with Crippen LogP contribution < -0.4 is 5.32 Å². The first-order valence-electron chi connectivity index (χ1n) is 9.46. The molecule has 5 nitrogen and oxygen atoms in total. The fourth-order valence-electron chi connectivity index (χ4n) is 3.92. The maximum atomic E-state index is 12.5. The first kappa shape index (κ1) is 17.9. The summed E-state index contributed by atoms with van der Waals surface area (Å²) in [6, 6.07) is 10.7. The Labute approximate surface area is 150 Å². The minimum absolute atomic E-state index is 0.00783. The molecule has 2 saturated heterocycles. The summed E-state index contributed by atoms with van der Waals surface area (Å²) >= 11 is 0. The first-order valence-corrected chi connectivity index (χ1v) is 9.46. The van der Waals surface area contributed by atoms with E-state index in [1.165, 1.54) is 31.2 Å². The van der Waals surface area contributed by atoms with Crippen LogP contribution in [0.15, 0.2) is 30.3 Å². The van der Waals surface area contributed by atoms with Crippen LogP contribution in [0.3, 0.4) is 0 Å². The second kappa shape index (κ2) is 8.48. The van der Waals surface area contributed by atoms with Crippen molar-refractivity contribution in [2.45, 2.75) is 38.1 Å². The summed E-state index contributed by atoms with van der Waals surface area (Å²) in [6.45, 7) is 3.31. The van der Waals surface area contributed by atoms with Crippen LogP contribution in [0.2, 0.25) is 0 Å². The standard InChI is InChI=1S/C20H29N3O2/c1-22-15-17(13-19(22)24)20(25)21-14-18(16-9-5-4-6-10-16)23-11-7-2-3-8-12-23/h4-6,9-10,17-18H,2-3,7-8,11-15H2,1H3,(H,21,25)/t17-,18-/m0/s1. The summed E-state index contributed by atoms with van der Waals surface area (Å²) in [5.74, 6) is -0.140. The third-order valence-electron chi connectivity index (χ3n) is 5.45. The summed E-state index contributed by atoms with van der Waals surface area (Å²) in [6.07, 6.45) is 5.36. The van der Waals surface area contributed by atoms with Gasteiger partial charge in [0.15, 0.2) is 0 Å². The van der Waals surface area contributed by atoms with Crippen molar-refractivity contribution in [3.63, 3.8) is 0 Å². The van der Waals surface area contributed by atoms with Crippen LogP contribution >= 0.6 is 0 Å². The Kier molecular flexibility index (Phi) is 6.08. The molecule has 3 rings (SSSR count). The smallest absolute Gasteiger partial charge is 0.225 e. The third kappa shape index (κ3) is 4.60. The van der Waals surface area contributed by atoms with Crippen molar-refractivity contribution in [2.24, 2.45) is 5.92 Å². The number of rotatable bonds is 5. The van der Waals surface area contributed by atoms with E-state index in [0.29, 0.717) is 19.5 Å². The number of likely N-dealkylation sites (tertiary alicyclic amines) is 2. The summed E-state index contributed by atoms with van der Waals surface area (Å²) in [5.41, 5.74) is 1.25. The van der Waals surface area contributed by atoms with Gasteiger partial charge in [-0.3, -0.25) is 14.5 Å². The van der Waals surface area contributed by atoms with Gasteiger partial charge in [-0.05, 0) is 31.5 Å². The molecule has 1 N–H and O–H groups in total. The van der Waals surface area contributed by atoms with Crippen molar-refractivity contribution in [3.8, 4) is 0 Å². The Balaban J connectivity index is 1.65. The van der Waals surface area contributed by atoms with Gasteiger partial charge in [-0.1, -0.05) is 43.2 Å². The molecule has 25 heavy (non-hydrogen) atoms. The number of nitrogens with zero attached hydrogens (tertiary/aromatic N) is 2. The lowest BCUT2D eigenvalue weighted by Gasteiger charge is -2.31. The van der Waals surface area contributed by atoms with E-state index in [9.17, 15) is 9.59 Å². The van der Waals surface area contributed by atoms with E-state index in [2.05, 4.69) is 34.5 Å². The molecule has 1 aromatic carbocycles. The molecule has 2 heterocycles. The maximum Gasteiger partial charge on any atom is 0.225 e. The molecule has 0 saturated carbocycles. The number of nitrogens with one attached hydrogen (secondary N) is 1. The number of benzene rings is 1. The molecule has 0 radical (unpaired) electrons. The summed E-state index contributed by atoms with van der Waals surface area (Å²) < 4.78 is 0. The lowest BCUT2D eigenvalue weighted by Crippen LogP contribution is -2.41. The highest BCUT2D eigenvalue weighted by atomic mass is 16.2. The van der Waals surface area contributed by atoms with Gasteiger partial charge in [0.2, 0.25) is 11.8 Å². The highest BCUT2D eigenvalue weighted by Gasteiger charge is 2.32. The normalized spacial score (nSPS) is 23.3. The Bertz CT molecular complexity index is 582. The Morgan fingerprint density at radius 1 is 1.16 bits per heavy atom. The molecule has 2 amide bonds. The maximum absolute atomic E-state index is 12.5. The number of carbonyl (C=O) groups is 2. The Morgan fingerprint density at radius 3 is 2.44 bits per heavy atom. The summed E-state index contributed by atoms with van der Waals surface area (Å²) in [5, 5.41) is 3.12. The van der Waals surface area contributed by atoms with Gasteiger partial charge in [0.25, 0.3) is 0 Å². The molecular formula is C20H29N3O2. The molecule has 0 spiro atoms. The van der Waals surface area contributed by atoms with Crippen molar-refractivity contribution in [1.29, 1.82) is 0 Å². The Hall–Kier alpha value is -1.88. The fourth-order valence-corrected chi connectivity index (χ4v) is 3.92. The molecule has 5 heteroatoms. The molecule has 2 fully saturated rings. The summed E-state index contributed by atoms with van der Waals surface area (Å²) in [7, 11) is 1.76. The average Bonchev–Trinajstić information content (AvgIpc) is 2.82. The van der Waals surface area contributed by atoms with Crippen molar-refractivity contribution >= 4 is 11.8 Å². The zero-order valence-corrected chi connectivity index (χ0v) is 15.1. The number of hydrogen-bond acceptors (Lipinski definition) is 3. The van der Waals surface area contributed by atoms with Crippen LogP contribution in [0.25, 0.3) is 0 Å². The zero-order valence-electron chi connectivity index (χ0n) is 15.1. The number of hydrogen-bond donors (Lipinski definition) is 1. The summed E-state index contributed by atoms with van der Waals surface area (Å²) in [4.78, 5) is 28.3. The van der Waals surface area contributed by atoms with Crippen molar-refractivity contribution in [1.82, 2.24) is 15.1 Å². The molecule has 2 aliphatic rings. The topological polar surface area (TPSA) is 52.7 Å². The van der Waals surface area contributed by atoms with Gasteiger partial charge >= 0.3 is 0 Å². The van der Waals surface area contributed by atoms with E-state index in [0.717, 1.165) is 13.1 Å². The highest BCUT2D eigenvalue weighted by Crippen LogP contribution is 2.24. The Morgan fingerprint density at radius 2 is 1.84 bits per heavy atom. The molecular weight excluding hydrogens is 314 g/mol. The fraction of sp³-hybridized carbons (Fsp3) is 0.600. The highest BCUT2D eigenvalue weighted by molar-refractivity contribution is 5.89. The molecule has 136 valence electrons. The predicted octanol–water partition coefficient (Wildman–Crippen LogP) is 2.20. The monoisotopic (exact) mass is 343 g/mol. The zero-order chi connectivity index (χ0) is 17.6. The van der Waals surface area contributed by atoms with Crippen molar-refractivity contribution in [3.05, 3.63) is 35.9 Å². The second-order valence-electron chi connectivity index (χ2n) is 7.30. The van der Waals surface area contributed by atoms with E-state index in [1.54, 1.807) is 11.9 Å². The van der Waals surface area contributed by atoms with E-state index >= 15 is 0 Å². The lowest BCUT2D eigenvalue weighted by atomic mass is 10.0. The molecule has 1 aromatic rings. The minimum Gasteiger partial charge on any atom is -0.354 e. The van der Waals surface area contributed by atoms with Crippen LogP contribution in [0, 0.1) is 5.92 Å². The molecule has 0 aliphatic carbocycles. The number of amides is 2. The molecule has 0 aromatic heterocycles. The van der Waals surface area contributed by atoms with Crippen LogP contribution in [0.4, 0.5) is 0 Å². The van der Waals surface area contributed by atoms with Gasteiger partial charge in [0.05, 0.1) is 12.0 Å². The SMILES string of the molecule is CN1C[C@@H](C(=O)NC[C@@H](c2ccccc2)N2CCCCCC2)CC1=O. The molecule has 2 atom stereocenters. The van der Waals surface area contributed by atoms with E-state index in [4.69, 9.17) is 0 Å². The van der Waals surface area contributed by atoms with E-state index < -0.39 is 0 Å². The van der Waals surface area contributed by atoms with Gasteiger partial charge in [-0.15, -0.1) is 0 Å². The predicted molar refractivity (Wildman–Crippen MR) is 98.0 cm³/mol. The van der Waals surface area contributed by atoms with Gasteiger partial charge in [-0.2, -0.15) is 0 Å². The third-order valence-corrected chi connectivity index (χ3v) is 5.45. The van der Waals surface area contributed by atoms with Crippen LogP contribution in [-0.2, 0) is 9.59 Å². The van der Waals surface area contributed by atoms with Gasteiger partial charge in [0, 0.05) is 26.6 Å². The van der Waals surface area contributed by atoms with E-state index in [-0.39, 0.29) is 23.8 Å². The molecule has 2 aliphatic heterocycles. The van der Waals surface area contributed by atoms with Gasteiger partial charge in [-0.25, -0.2) is 0 Å². The lowest BCUT2D eigenvalue weighted by molar-refractivity contribution is -0.128. The van der Waals surface area contributed by atoms with Crippen molar-refractivity contribution < 1.29 is 9.59 Å². The molecule has 0 bridgehead atoms. The quantitative estimate of drug-likeness (QED) is 0.892. The van der Waals surface area contributed by atoms with Gasteiger partial charge in [0.1, 0.15) is 0 Å². The molecule has 0 unspecified atom stereocenters.